The van der Waals surface area contributed by atoms with Crippen LogP contribution in [0.15, 0.2) is 91.0 Å². The fourth-order valence-corrected chi connectivity index (χ4v) is 6.03. The number of benzene rings is 3. The molecule has 0 spiro atoms. The van der Waals surface area contributed by atoms with Gasteiger partial charge in [-0.25, -0.2) is 9.59 Å². The van der Waals surface area contributed by atoms with E-state index in [2.05, 4.69) is 26.6 Å². The van der Waals surface area contributed by atoms with Crippen molar-refractivity contribution in [1.29, 1.82) is 0 Å². The molecule has 0 saturated heterocycles. The van der Waals surface area contributed by atoms with Crippen LogP contribution >= 0.6 is 0 Å². The number of carbonyl (C=O) groups excluding carboxylic acids is 6. The molecule has 0 unspecified atom stereocenters. The van der Waals surface area contributed by atoms with Gasteiger partial charge in [0.1, 0.15) is 37.4 Å². The molecule has 0 fully saturated rings. The number of hydrogen-bond donors (Lipinski definition) is 8. The van der Waals surface area contributed by atoms with Gasteiger partial charge < -0.3 is 53.3 Å². The molecule has 6 amide bonds. The van der Waals surface area contributed by atoms with Crippen molar-refractivity contribution in [2.75, 3.05) is 19.6 Å². The Morgan fingerprint density at radius 3 is 1.31 bits per heavy atom. The number of carbonyl (C=O) groups is 6. The van der Waals surface area contributed by atoms with E-state index in [0.717, 1.165) is 16.7 Å². The second-order valence-electron chi connectivity index (χ2n) is 14.1. The van der Waals surface area contributed by atoms with Crippen molar-refractivity contribution in [2.45, 2.75) is 102 Å². The highest BCUT2D eigenvalue weighted by atomic mass is 16.6. The SMILES string of the molecule is NCCCC[C@H](NC(=O)OCc1ccccc1)C(=O)NCCCC[C@H](NC(=O)[C@H](CCCCN)NC(=O)OCc1ccccc1)C(=O)N[C@@H](Cc1ccccc1)C(N)=O. The average molecular weight is 817 g/mol. The summed E-state index contributed by atoms with van der Waals surface area (Å²) >= 11 is 0. The van der Waals surface area contributed by atoms with Crippen molar-refractivity contribution in [3.05, 3.63) is 108 Å². The first-order chi connectivity index (χ1) is 28.6. The van der Waals surface area contributed by atoms with Gasteiger partial charge in [-0.3, -0.25) is 19.2 Å². The molecular formula is C43H60N8O8. The standard InChI is InChI=1S/C43H60N8O8/c44-25-13-10-22-34(50-42(56)58-29-32-18-6-2-7-19-32)39(53)47-27-15-12-24-35(40(54)49-37(38(46)52)28-31-16-4-1-5-17-31)48-41(55)36(23-11-14-26-45)51-43(57)59-30-33-20-8-3-9-21-33/h1-9,16-21,34-37H,10-15,22-30,44-45H2,(H2,46,52)(H,47,53)(H,48,55)(H,49,54)(H,50,56)(H,51,57)/t34-,35-,36-,37-/m0/s1. The van der Waals surface area contributed by atoms with Crippen LogP contribution in [-0.2, 0) is 48.3 Å². The van der Waals surface area contributed by atoms with Crippen molar-refractivity contribution in [3.8, 4) is 0 Å². The molecule has 0 radical (unpaired) electrons. The molecule has 0 aliphatic heterocycles. The Labute approximate surface area is 346 Å². The van der Waals surface area contributed by atoms with E-state index in [-0.39, 0.29) is 39.0 Å². The van der Waals surface area contributed by atoms with E-state index >= 15 is 0 Å². The van der Waals surface area contributed by atoms with Gasteiger partial charge in [0.05, 0.1) is 0 Å². The van der Waals surface area contributed by atoms with Crippen molar-refractivity contribution in [1.82, 2.24) is 26.6 Å². The summed E-state index contributed by atoms with van der Waals surface area (Å²) in [6.45, 7) is 1.05. The van der Waals surface area contributed by atoms with Gasteiger partial charge in [-0.1, -0.05) is 91.0 Å². The molecule has 59 heavy (non-hydrogen) atoms. The van der Waals surface area contributed by atoms with E-state index in [4.69, 9.17) is 26.7 Å². The van der Waals surface area contributed by atoms with E-state index in [1.807, 2.05) is 54.6 Å². The van der Waals surface area contributed by atoms with Crippen LogP contribution < -0.4 is 43.8 Å². The third kappa shape index (κ3) is 19.3. The van der Waals surface area contributed by atoms with Gasteiger partial charge in [-0.15, -0.1) is 0 Å². The Kier molecular flexibility index (Phi) is 22.2. The predicted molar refractivity (Wildman–Crippen MR) is 223 cm³/mol. The molecule has 4 atom stereocenters. The monoisotopic (exact) mass is 816 g/mol. The molecule has 16 heteroatoms. The number of ether oxygens (including phenoxy) is 2. The van der Waals surface area contributed by atoms with Crippen LogP contribution in [0.5, 0.6) is 0 Å². The van der Waals surface area contributed by atoms with Gasteiger partial charge in [0, 0.05) is 13.0 Å². The number of hydrogen-bond acceptors (Lipinski definition) is 10. The third-order valence-corrected chi connectivity index (χ3v) is 9.33. The Balaban J connectivity index is 1.66. The molecule has 0 bridgehead atoms. The molecule has 3 aromatic rings. The summed E-state index contributed by atoms with van der Waals surface area (Å²) in [5, 5.41) is 13.6. The van der Waals surface area contributed by atoms with Crippen molar-refractivity contribution in [3.63, 3.8) is 0 Å². The summed E-state index contributed by atoms with van der Waals surface area (Å²) < 4.78 is 10.7. The number of amides is 6. The van der Waals surface area contributed by atoms with Crippen LogP contribution in [-0.4, -0.2) is 79.6 Å². The Hall–Kier alpha value is -6.00. The second-order valence-corrected chi connectivity index (χ2v) is 14.1. The first-order valence-electron chi connectivity index (χ1n) is 20.2. The number of nitrogens with two attached hydrogens (primary N) is 3. The molecule has 3 aromatic carbocycles. The molecule has 11 N–H and O–H groups in total. The lowest BCUT2D eigenvalue weighted by molar-refractivity contribution is -0.132. The van der Waals surface area contributed by atoms with Crippen LogP contribution in [0.3, 0.4) is 0 Å². The first kappa shape index (κ1) is 47.4. The minimum Gasteiger partial charge on any atom is -0.445 e. The quantitative estimate of drug-likeness (QED) is 0.0522. The van der Waals surface area contributed by atoms with Crippen molar-refractivity contribution in [2.24, 2.45) is 17.2 Å². The van der Waals surface area contributed by atoms with Crippen molar-refractivity contribution < 1.29 is 38.2 Å². The molecule has 0 aromatic heterocycles. The molecule has 16 nitrogen and oxygen atoms in total. The largest absolute Gasteiger partial charge is 0.445 e. The lowest BCUT2D eigenvalue weighted by atomic mass is 10.0. The smallest absolute Gasteiger partial charge is 0.408 e. The van der Waals surface area contributed by atoms with Crippen LogP contribution in [0.2, 0.25) is 0 Å². The van der Waals surface area contributed by atoms with Crippen LogP contribution in [0.4, 0.5) is 9.59 Å². The Bertz CT molecular complexity index is 1720. The van der Waals surface area contributed by atoms with Gasteiger partial charge in [0.25, 0.3) is 0 Å². The molecule has 0 aliphatic rings. The number of alkyl carbamates (subject to hydrolysis) is 2. The number of primary amides is 1. The maximum atomic E-state index is 13.8. The number of rotatable bonds is 27. The summed E-state index contributed by atoms with van der Waals surface area (Å²) in [6.07, 6.45) is 2.41. The predicted octanol–water partition coefficient (Wildman–Crippen LogP) is 2.82. The number of nitrogens with one attached hydrogen (secondary N) is 5. The van der Waals surface area contributed by atoms with Crippen LogP contribution in [0.25, 0.3) is 0 Å². The molecular weight excluding hydrogens is 757 g/mol. The summed E-state index contributed by atoms with van der Waals surface area (Å²) in [5.41, 5.74) is 19.4. The highest BCUT2D eigenvalue weighted by Gasteiger charge is 2.29. The van der Waals surface area contributed by atoms with Crippen LogP contribution in [0.1, 0.15) is 74.5 Å². The fraction of sp³-hybridized carbons (Fsp3) is 0.442. The van der Waals surface area contributed by atoms with E-state index in [1.54, 1.807) is 36.4 Å². The molecule has 0 heterocycles. The highest BCUT2D eigenvalue weighted by Crippen LogP contribution is 2.10. The van der Waals surface area contributed by atoms with E-state index < -0.39 is 60.0 Å². The first-order valence-corrected chi connectivity index (χ1v) is 20.2. The van der Waals surface area contributed by atoms with Gasteiger partial charge in [0.15, 0.2) is 0 Å². The topological polar surface area (TPSA) is 259 Å². The van der Waals surface area contributed by atoms with E-state index in [9.17, 15) is 28.8 Å². The van der Waals surface area contributed by atoms with Gasteiger partial charge in [-0.05, 0) is 87.6 Å². The average Bonchev–Trinajstić information content (AvgIpc) is 3.24. The minimum atomic E-state index is -1.14. The van der Waals surface area contributed by atoms with E-state index in [1.165, 1.54) is 0 Å². The summed E-state index contributed by atoms with van der Waals surface area (Å²) in [5.74, 6) is -2.43. The Morgan fingerprint density at radius 2 is 0.864 bits per heavy atom. The Morgan fingerprint density at radius 1 is 0.475 bits per heavy atom. The maximum Gasteiger partial charge on any atom is 0.408 e. The summed E-state index contributed by atoms with van der Waals surface area (Å²) in [4.78, 5) is 78.6. The van der Waals surface area contributed by atoms with Gasteiger partial charge in [-0.2, -0.15) is 0 Å². The van der Waals surface area contributed by atoms with Gasteiger partial charge >= 0.3 is 12.2 Å². The zero-order chi connectivity index (χ0) is 42.7. The summed E-state index contributed by atoms with van der Waals surface area (Å²) in [6, 6.07) is 23.1. The second kappa shape index (κ2) is 27.6. The van der Waals surface area contributed by atoms with E-state index in [0.29, 0.717) is 58.0 Å². The van der Waals surface area contributed by atoms with Crippen LogP contribution in [0, 0.1) is 0 Å². The normalized spacial score (nSPS) is 12.8. The molecule has 320 valence electrons. The molecule has 0 aliphatic carbocycles. The molecule has 3 rings (SSSR count). The molecule has 0 saturated carbocycles. The van der Waals surface area contributed by atoms with Crippen molar-refractivity contribution >= 4 is 35.8 Å². The highest BCUT2D eigenvalue weighted by molar-refractivity contribution is 5.93. The maximum absolute atomic E-state index is 13.8. The lowest BCUT2D eigenvalue weighted by Crippen LogP contribution is -2.56. The third-order valence-electron chi connectivity index (χ3n) is 9.33. The fourth-order valence-electron chi connectivity index (χ4n) is 6.03. The zero-order valence-corrected chi connectivity index (χ0v) is 33.6. The lowest BCUT2D eigenvalue weighted by Gasteiger charge is -2.25. The minimum absolute atomic E-state index is 0.00977. The zero-order valence-electron chi connectivity index (χ0n) is 33.6. The number of unbranched alkanes of at least 4 members (excludes halogenated alkanes) is 3. The van der Waals surface area contributed by atoms with Gasteiger partial charge in [0.2, 0.25) is 23.6 Å². The summed E-state index contributed by atoms with van der Waals surface area (Å²) in [7, 11) is 0.